The van der Waals surface area contributed by atoms with Crippen molar-refractivity contribution in [3.05, 3.63) is 81.4 Å². The SMILES string of the molecule is COc1ccc(-n2c(C)cc([C@@H]3[C@@H](c4ccccn4)NC(=S)N3C[C@@H]3CCCO3)c2C)c([N+](=O)[O-])c1. The molecule has 0 radical (unpaired) electrons. The number of nitrogens with one attached hydrogen (secondary N) is 1. The number of nitro groups is 1. The molecule has 2 fully saturated rings. The fourth-order valence-electron chi connectivity index (χ4n) is 5.37. The summed E-state index contributed by atoms with van der Waals surface area (Å²) >= 11 is 5.81. The van der Waals surface area contributed by atoms with Gasteiger partial charge in [0.1, 0.15) is 11.4 Å². The monoisotopic (exact) mass is 507 g/mol. The molecular formula is C26H29N5O4S. The fourth-order valence-corrected chi connectivity index (χ4v) is 5.69. The van der Waals surface area contributed by atoms with E-state index < -0.39 is 0 Å². The number of benzene rings is 1. The Balaban J connectivity index is 1.62. The van der Waals surface area contributed by atoms with Crippen LogP contribution < -0.4 is 10.1 Å². The molecule has 1 aromatic carbocycles. The molecule has 5 rings (SSSR count). The normalized spacial score (nSPS) is 21.6. The summed E-state index contributed by atoms with van der Waals surface area (Å²) < 4.78 is 13.1. The molecule has 0 amide bonds. The molecule has 0 aliphatic carbocycles. The first-order valence-corrected chi connectivity index (χ1v) is 12.4. The molecule has 0 unspecified atom stereocenters. The topological polar surface area (TPSA) is 94.7 Å². The molecular weight excluding hydrogens is 478 g/mol. The minimum absolute atomic E-state index is 0.0137. The Kier molecular flexibility index (Phi) is 6.63. The van der Waals surface area contributed by atoms with Crippen LogP contribution in [0.4, 0.5) is 5.69 Å². The molecule has 9 nitrogen and oxygen atoms in total. The zero-order chi connectivity index (χ0) is 25.4. The lowest BCUT2D eigenvalue weighted by Gasteiger charge is -2.30. The molecule has 2 aliphatic heterocycles. The summed E-state index contributed by atoms with van der Waals surface area (Å²) in [6.07, 6.45) is 3.94. The maximum Gasteiger partial charge on any atom is 0.296 e. The summed E-state index contributed by atoms with van der Waals surface area (Å²) in [6, 6.07) is 12.6. The number of pyridine rings is 1. The van der Waals surface area contributed by atoms with Crippen molar-refractivity contribution in [2.75, 3.05) is 20.3 Å². The number of rotatable bonds is 7. The highest BCUT2D eigenvalue weighted by Crippen LogP contribution is 2.42. The molecule has 0 bridgehead atoms. The van der Waals surface area contributed by atoms with E-state index in [1.807, 2.05) is 36.6 Å². The minimum atomic E-state index is -0.372. The van der Waals surface area contributed by atoms with Crippen molar-refractivity contribution < 1.29 is 14.4 Å². The van der Waals surface area contributed by atoms with Gasteiger partial charge in [-0.2, -0.15) is 0 Å². The average molecular weight is 508 g/mol. The molecule has 3 atom stereocenters. The van der Waals surface area contributed by atoms with Gasteiger partial charge in [0.2, 0.25) is 0 Å². The Hall–Kier alpha value is -3.50. The smallest absolute Gasteiger partial charge is 0.296 e. The lowest BCUT2D eigenvalue weighted by Crippen LogP contribution is -2.36. The van der Waals surface area contributed by atoms with Crippen molar-refractivity contribution in [3.63, 3.8) is 0 Å². The molecule has 188 valence electrons. The van der Waals surface area contributed by atoms with Crippen molar-refractivity contribution >= 4 is 23.0 Å². The van der Waals surface area contributed by atoms with Crippen molar-refractivity contribution in [2.45, 2.75) is 44.9 Å². The second kappa shape index (κ2) is 9.87. The fraction of sp³-hybridized carbons (Fsp3) is 0.385. The summed E-state index contributed by atoms with van der Waals surface area (Å²) in [5.74, 6) is 0.441. The van der Waals surface area contributed by atoms with Gasteiger partial charge in [0.15, 0.2) is 5.11 Å². The van der Waals surface area contributed by atoms with Gasteiger partial charge in [-0.15, -0.1) is 0 Å². The molecule has 0 spiro atoms. The van der Waals surface area contributed by atoms with Gasteiger partial charge < -0.3 is 24.3 Å². The van der Waals surface area contributed by atoms with Crippen LogP contribution in [0.5, 0.6) is 5.75 Å². The van der Waals surface area contributed by atoms with Gasteiger partial charge in [0, 0.05) is 30.7 Å². The van der Waals surface area contributed by atoms with Gasteiger partial charge in [0.05, 0.1) is 42.0 Å². The molecule has 2 aliphatic rings. The van der Waals surface area contributed by atoms with Gasteiger partial charge in [-0.1, -0.05) is 6.07 Å². The summed E-state index contributed by atoms with van der Waals surface area (Å²) in [7, 11) is 1.50. The van der Waals surface area contributed by atoms with E-state index in [2.05, 4.69) is 21.3 Å². The van der Waals surface area contributed by atoms with Crippen LogP contribution in [0.1, 0.15) is 47.6 Å². The summed E-state index contributed by atoms with van der Waals surface area (Å²) in [5, 5.41) is 16.1. The van der Waals surface area contributed by atoms with Crippen LogP contribution in [0.15, 0.2) is 48.7 Å². The van der Waals surface area contributed by atoms with Crippen LogP contribution >= 0.6 is 12.2 Å². The average Bonchev–Trinajstić information content (AvgIpc) is 3.58. The van der Waals surface area contributed by atoms with E-state index in [1.54, 1.807) is 18.3 Å². The first-order chi connectivity index (χ1) is 17.4. The Morgan fingerprint density at radius 2 is 2.11 bits per heavy atom. The van der Waals surface area contributed by atoms with Crippen LogP contribution in [0.2, 0.25) is 0 Å². The Labute approximate surface area is 215 Å². The maximum absolute atomic E-state index is 12.0. The van der Waals surface area contributed by atoms with Crippen LogP contribution in [0, 0.1) is 24.0 Å². The standard InChI is InChI=1S/C26H29N5O4S/c1-16-13-20(17(2)30(16)22-10-9-18(34-3)14-23(22)31(32)33)25-24(21-8-4-5-11-27-21)28-26(36)29(25)15-19-7-6-12-35-19/h4-5,8-11,13-14,19,24-25H,6-7,12,15H2,1-3H3,(H,28,36)/t19-,24+,25+/m0/s1. The Morgan fingerprint density at radius 1 is 1.28 bits per heavy atom. The third-order valence-electron chi connectivity index (χ3n) is 7.03. The summed E-state index contributed by atoms with van der Waals surface area (Å²) in [4.78, 5) is 18.4. The third kappa shape index (κ3) is 4.31. The van der Waals surface area contributed by atoms with Crippen molar-refractivity contribution in [3.8, 4) is 11.4 Å². The van der Waals surface area contributed by atoms with Gasteiger partial charge >= 0.3 is 0 Å². The van der Waals surface area contributed by atoms with E-state index in [1.165, 1.54) is 13.2 Å². The molecule has 2 aromatic heterocycles. The van der Waals surface area contributed by atoms with E-state index in [-0.39, 0.29) is 28.8 Å². The lowest BCUT2D eigenvalue weighted by atomic mass is 9.96. The zero-order valence-corrected chi connectivity index (χ0v) is 21.3. The van der Waals surface area contributed by atoms with Gasteiger partial charge in [-0.05, 0) is 74.8 Å². The molecule has 2 saturated heterocycles. The lowest BCUT2D eigenvalue weighted by molar-refractivity contribution is -0.384. The Morgan fingerprint density at radius 3 is 2.78 bits per heavy atom. The minimum Gasteiger partial charge on any atom is -0.496 e. The van der Waals surface area contributed by atoms with Crippen molar-refractivity contribution in [1.82, 2.24) is 19.8 Å². The van der Waals surface area contributed by atoms with Crippen molar-refractivity contribution in [1.29, 1.82) is 0 Å². The second-order valence-electron chi connectivity index (χ2n) is 9.19. The number of aryl methyl sites for hydroxylation is 1. The summed E-state index contributed by atoms with van der Waals surface area (Å²) in [6.45, 7) is 5.40. The third-order valence-corrected chi connectivity index (χ3v) is 7.38. The highest BCUT2D eigenvalue weighted by molar-refractivity contribution is 7.80. The maximum atomic E-state index is 12.0. The van der Waals surface area contributed by atoms with E-state index in [9.17, 15) is 10.1 Å². The summed E-state index contributed by atoms with van der Waals surface area (Å²) in [5.41, 5.74) is 4.22. The molecule has 10 heteroatoms. The highest BCUT2D eigenvalue weighted by Gasteiger charge is 2.42. The van der Waals surface area contributed by atoms with Crippen molar-refractivity contribution in [2.24, 2.45) is 0 Å². The highest BCUT2D eigenvalue weighted by atomic mass is 32.1. The van der Waals surface area contributed by atoms with E-state index >= 15 is 0 Å². The molecule has 36 heavy (non-hydrogen) atoms. The second-order valence-corrected chi connectivity index (χ2v) is 9.57. The number of methoxy groups -OCH3 is 1. The molecule has 4 heterocycles. The van der Waals surface area contributed by atoms with Crippen LogP contribution in [-0.4, -0.2) is 50.9 Å². The number of ether oxygens (including phenoxy) is 2. The molecule has 1 N–H and O–H groups in total. The predicted octanol–water partition coefficient (Wildman–Crippen LogP) is 4.56. The van der Waals surface area contributed by atoms with Crippen LogP contribution in [0.3, 0.4) is 0 Å². The molecule has 3 aromatic rings. The number of nitrogens with zero attached hydrogens (tertiary/aromatic N) is 4. The van der Waals surface area contributed by atoms with E-state index in [0.29, 0.717) is 23.1 Å². The van der Waals surface area contributed by atoms with Gasteiger partial charge in [0.25, 0.3) is 5.69 Å². The van der Waals surface area contributed by atoms with E-state index in [0.717, 1.165) is 42.1 Å². The first kappa shape index (κ1) is 24.2. The molecule has 0 saturated carbocycles. The quantitative estimate of drug-likeness (QED) is 0.283. The number of hydrogen-bond acceptors (Lipinski definition) is 6. The van der Waals surface area contributed by atoms with Crippen LogP contribution in [0.25, 0.3) is 5.69 Å². The predicted molar refractivity (Wildman–Crippen MR) is 140 cm³/mol. The number of nitro benzene ring substituents is 1. The van der Waals surface area contributed by atoms with Crippen LogP contribution in [-0.2, 0) is 4.74 Å². The van der Waals surface area contributed by atoms with Gasteiger partial charge in [-0.3, -0.25) is 15.1 Å². The first-order valence-electron chi connectivity index (χ1n) is 12.0. The van der Waals surface area contributed by atoms with E-state index in [4.69, 9.17) is 21.7 Å². The zero-order valence-electron chi connectivity index (χ0n) is 20.5. The van der Waals surface area contributed by atoms with Gasteiger partial charge in [-0.25, -0.2) is 0 Å². The number of hydrogen-bond donors (Lipinski definition) is 1. The largest absolute Gasteiger partial charge is 0.496 e. The number of aromatic nitrogens is 2. The Bertz CT molecular complexity index is 1290. The number of thiocarbonyl (C=S) groups is 1.